The molecule has 1 aromatic heterocycles. The first kappa shape index (κ1) is 39.4. The summed E-state index contributed by atoms with van der Waals surface area (Å²) in [5, 5.41) is 5.32. The Labute approximate surface area is 299 Å². The maximum atomic E-state index is 14.1. The number of fused-ring (bicyclic) bond motifs is 1. The van der Waals surface area contributed by atoms with Crippen LogP contribution in [0, 0.1) is 0 Å². The average molecular weight is 734 g/mol. The number of hydrogen-bond acceptors (Lipinski definition) is 8. The Morgan fingerprint density at radius 1 is 0.941 bits per heavy atom. The van der Waals surface area contributed by atoms with Crippen molar-refractivity contribution in [2.24, 2.45) is 0 Å². The number of amides is 2. The number of nitrogens with one attached hydrogen (secondary N) is 2. The third-order valence-corrected chi connectivity index (χ3v) is 8.61. The number of carbonyl (C=O) groups excluding carboxylic acids is 2. The molecule has 15 heteroatoms. The van der Waals surface area contributed by atoms with Crippen molar-refractivity contribution >= 4 is 34.5 Å². The van der Waals surface area contributed by atoms with Crippen LogP contribution in [0.25, 0.3) is 0 Å². The maximum Gasteiger partial charge on any atom is 0.485 e. The summed E-state index contributed by atoms with van der Waals surface area (Å²) in [6, 6.07) is 17.5. The van der Waals surface area contributed by atoms with Crippen molar-refractivity contribution < 1.29 is 41.2 Å². The molecule has 2 aromatic carbocycles. The lowest BCUT2D eigenvalue weighted by molar-refractivity contribution is -0.0431. The van der Waals surface area contributed by atoms with Gasteiger partial charge in [-0.25, -0.2) is 18.1 Å². The van der Waals surface area contributed by atoms with Crippen molar-refractivity contribution in [1.82, 2.24) is 14.6 Å². The van der Waals surface area contributed by atoms with Crippen molar-refractivity contribution in [1.29, 1.82) is 0 Å². The minimum atomic E-state index is -4.99. The minimum Gasteiger partial charge on any atom is -0.491 e. The number of anilines is 2. The molecule has 2 amide bonds. The van der Waals surface area contributed by atoms with Gasteiger partial charge in [0.05, 0.1) is 18.8 Å². The molecule has 3 aromatic rings. The molecule has 1 unspecified atom stereocenters. The van der Waals surface area contributed by atoms with Gasteiger partial charge in [0.1, 0.15) is 23.6 Å². The number of aromatic nitrogens is 1. The Morgan fingerprint density at radius 2 is 1.63 bits per heavy atom. The highest BCUT2D eigenvalue weighted by Crippen LogP contribution is 2.38. The van der Waals surface area contributed by atoms with Crippen molar-refractivity contribution in [2.75, 3.05) is 29.9 Å². The zero-order valence-electron chi connectivity index (χ0n) is 29.7. The van der Waals surface area contributed by atoms with Crippen LogP contribution in [0.1, 0.15) is 64.8 Å². The average Bonchev–Trinajstić information content (AvgIpc) is 3.17. The Balaban J connectivity index is 1.69. The highest BCUT2D eigenvalue weighted by molar-refractivity contribution is 7.83. The van der Waals surface area contributed by atoms with Crippen LogP contribution in [-0.2, 0) is 40.0 Å². The number of ether oxygens (including phenoxy) is 3. The quantitative estimate of drug-likeness (QED) is 0.197. The van der Waals surface area contributed by atoms with Crippen LogP contribution in [0.15, 0.2) is 66.9 Å². The van der Waals surface area contributed by atoms with Gasteiger partial charge >= 0.3 is 17.7 Å². The number of aryl methyl sites for hydroxylation is 1. The van der Waals surface area contributed by atoms with E-state index in [2.05, 4.69) is 15.6 Å². The number of rotatable bonds is 11. The Kier molecular flexibility index (Phi) is 13.0. The molecule has 0 aliphatic carbocycles. The van der Waals surface area contributed by atoms with E-state index in [-0.39, 0.29) is 38.5 Å². The molecule has 0 radical (unpaired) electrons. The SMILES string of the molecule is CC(C)(C)OC(=O)NCCOc1cccc2c1CN(S(=O)C(F)(F)F)C[C@@H](CCc1ccccc1)N2Cc1cc(NC(=O)OC(C)(C)C)ccn1. The molecule has 51 heavy (non-hydrogen) atoms. The van der Waals surface area contributed by atoms with Crippen LogP contribution in [0.3, 0.4) is 0 Å². The first-order chi connectivity index (χ1) is 23.9. The molecule has 11 nitrogen and oxygen atoms in total. The summed E-state index contributed by atoms with van der Waals surface area (Å²) in [4.78, 5) is 31.1. The fourth-order valence-corrected chi connectivity index (χ4v) is 6.31. The Bertz CT molecular complexity index is 1660. The molecular weight excluding hydrogens is 687 g/mol. The summed E-state index contributed by atoms with van der Waals surface area (Å²) in [6.07, 6.45) is 1.23. The zero-order chi connectivity index (χ0) is 37.4. The second-order valence-corrected chi connectivity index (χ2v) is 15.5. The summed E-state index contributed by atoms with van der Waals surface area (Å²) in [5.41, 5.74) is -3.46. The van der Waals surface area contributed by atoms with Gasteiger partial charge in [-0.1, -0.05) is 36.4 Å². The first-order valence-electron chi connectivity index (χ1n) is 16.6. The zero-order valence-corrected chi connectivity index (χ0v) is 30.5. The van der Waals surface area contributed by atoms with Gasteiger partial charge in [0, 0.05) is 42.3 Å². The van der Waals surface area contributed by atoms with Crippen molar-refractivity contribution in [3.8, 4) is 5.75 Å². The predicted octanol–water partition coefficient (Wildman–Crippen LogP) is 7.34. The normalized spacial score (nSPS) is 16.0. The van der Waals surface area contributed by atoms with Crippen LogP contribution < -0.4 is 20.3 Å². The lowest BCUT2D eigenvalue weighted by Gasteiger charge is -2.34. The molecule has 0 saturated carbocycles. The van der Waals surface area contributed by atoms with Gasteiger partial charge in [-0.15, -0.1) is 0 Å². The maximum absolute atomic E-state index is 14.1. The van der Waals surface area contributed by atoms with Crippen LogP contribution in [0.5, 0.6) is 5.75 Å². The highest BCUT2D eigenvalue weighted by atomic mass is 32.2. The number of alkyl carbamates (subject to hydrolysis) is 1. The summed E-state index contributed by atoms with van der Waals surface area (Å²) < 4.78 is 72.8. The van der Waals surface area contributed by atoms with E-state index in [0.717, 1.165) is 9.87 Å². The topological polar surface area (TPSA) is 122 Å². The summed E-state index contributed by atoms with van der Waals surface area (Å²) in [7, 11) is -3.32. The molecule has 0 spiro atoms. The van der Waals surface area contributed by atoms with Gasteiger partial charge in [-0.2, -0.15) is 13.2 Å². The molecule has 278 valence electrons. The van der Waals surface area contributed by atoms with Crippen LogP contribution >= 0.6 is 0 Å². The van der Waals surface area contributed by atoms with E-state index in [1.807, 2.05) is 35.2 Å². The van der Waals surface area contributed by atoms with E-state index in [9.17, 15) is 27.0 Å². The molecule has 0 saturated heterocycles. The fourth-order valence-electron chi connectivity index (χ4n) is 5.47. The molecule has 0 bridgehead atoms. The second kappa shape index (κ2) is 16.8. The van der Waals surface area contributed by atoms with Gasteiger partial charge in [0.25, 0.3) is 0 Å². The Hall–Kier alpha value is -4.37. The third-order valence-electron chi connectivity index (χ3n) is 7.47. The van der Waals surface area contributed by atoms with Crippen molar-refractivity contribution in [3.05, 3.63) is 83.7 Å². The van der Waals surface area contributed by atoms with Gasteiger partial charge in [0.15, 0.2) is 0 Å². The number of nitrogens with zero attached hydrogens (tertiary/aromatic N) is 3. The van der Waals surface area contributed by atoms with E-state index in [4.69, 9.17) is 14.2 Å². The molecule has 1 aliphatic rings. The van der Waals surface area contributed by atoms with Crippen LogP contribution in [0.4, 0.5) is 34.1 Å². The number of alkyl halides is 3. The number of hydrogen-bond donors (Lipinski definition) is 2. The molecule has 4 rings (SSSR count). The highest BCUT2D eigenvalue weighted by Gasteiger charge is 2.44. The number of benzene rings is 2. The monoisotopic (exact) mass is 733 g/mol. The van der Waals surface area contributed by atoms with E-state index >= 15 is 0 Å². The lowest BCUT2D eigenvalue weighted by Crippen LogP contribution is -2.44. The van der Waals surface area contributed by atoms with E-state index in [1.54, 1.807) is 71.9 Å². The van der Waals surface area contributed by atoms with E-state index < -0.39 is 45.9 Å². The largest absolute Gasteiger partial charge is 0.491 e. The van der Waals surface area contributed by atoms with Crippen LogP contribution in [-0.4, -0.2) is 68.1 Å². The van der Waals surface area contributed by atoms with Crippen LogP contribution in [0.2, 0.25) is 0 Å². The van der Waals surface area contributed by atoms with E-state index in [1.165, 1.54) is 6.20 Å². The van der Waals surface area contributed by atoms with Gasteiger partial charge < -0.3 is 24.4 Å². The number of halogens is 3. The summed E-state index contributed by atoms with van der Waals surface area (Å²) in [5.74, 6) is 0.282. The summed E-state index contributed by atoms with van der Waals surface area (Å²) >= 11 is 0. The van der Waals surface area contributed by atoms with Gasteiger partial charge in [-0.05, 0) is 84.2 Å². The second-order valence-electron chi connectivity index (χ2n) is 14.0. The molecule has 0 fully saturated rings. The number of pyridine rings is 1. The Morgan fingerprint density at radius 3 is 2.29 bits per heavy atom. The third kappa shape index (κ3) is 12.4. The smallest absolute Gasteiger partial charge is 0.485 e. The van der Waals surface area contributed by atoms with Gasteiger partial charge in [0.2, 0.25) is 11.0 Å². The molecule has 2 atom stereocenters. The minimum absolute atomic E-state index is 0.00454. The number of carbonyl (C=O) groups is 2. The first-order valence-corrected chi connectivity index (χ1v) is 17.7. The standard InChI is InChI=1S/C36H46F3N5O6S/c1-34(2,3)49-32(45)41-19-20-48-31-14-10-13-30-29(31)24-43(51(47)36(37,38)39)23-28(16-15-25-11-8-7-9-12-25)44(30)22-27-21-26(17-18-40-27)42-33(46)50-35(4,5)6/h7-14,17-18,21,28H,15-16,19-20,22-24H2,1-6H3,(H,41,45)(H,40,42,46)/t28-,51?/m1/s1. The lowest BCUT2D eigenvalue weighted by atomic mass is 10.0. The predicted molar refractivity (Wildman–Crippen MR) is 190 cm³/mol. The molecule has 1 aliphatic heterocycles. The molecule has 2 heterocycles. The van der Waals surface area contributed by atoms with E-state index in [0.29, 0.717) is 35.5 Å². The van der Waals surface area contributed by atoms with Crippen molar-refractivity contribution in [2.45, 2.75) is 90.2 Å². The summed E-state index contributed by atoms with van der Waals surface area (Å²) in [6.45, 7) is 10.2. The van der Waals surface area contributed by atoms with Gasteiger partial charge in [-0.3, -0.25) is 10.3 Å². The molecular formula is C36H46F3N5O6S. The van der Waals surface area contributed by atoms with Crippen molar-refractivity contribution in [3.63, 3.8) is 0 Å². The molecule has 2 N–H and O–H groups in total. The fraction of sp³-hybridized carbons (Fsp3) is 0.472.